The van der Waals surface area contributed by atoms with Gasteiger partial charge >= 0.3 is 5.97 Å². The summed E-state index contributed by atoms with van der Waals surface area (Å²) >= 11 is 3.20. The molecular weight excluding hydrogens is 484 g/mol. The van der Waals surface area contributed by atoms with Gasteiger partial charge < -0.3 is 10.4 Å². The van der Waals surface area contributed by atoms with Crippen LogP contribution >= 0.6 is 15.9 Å². The van der Waals surface area contributed by atoms with Crippen LogP contribution in [0.25, 0.3) is 0 Å². The largest absolute Gasteiger partial charge is 0.478 e. The van der Waals surface area contributed by atoms with E-state index in [-0.39, 0.29) is 28.3 Å². The highest BCUT2D eigenvalue weighted by atomic mass is 79.9. The minimum Gasteiger partial charge on any atom is -0.478 e. The van der Waals surface area contributed by atoms with Gasteiger partial charge in [0, 0.05) is 16.6 Å². The number of anilines is 2. The van der Waals surface area contributed by atoms with E-state index in [0.717, 1.165) is 0 Å². The molecule has 2 N–H and O–H groups in total. The number of benzene rings is 3. The SMILES string of the molecule is CCN(c1ccccc1)S(=O)(=O)c1ccc(C(=O)Nc2ccc(Br)cc2C(=O)O)cc1. The maximum Gasteiger partial charge on any atom is 0.337 e. The molecule has 0 spiro atoms. The fraction of sp³-hybridized carbons (Fsp3) is 0.0909. The number of carboxylic acid groups (broad SMARTS) is 1. The van der Waals surface area contributed by atoms with Crippen LogP contribution in [0.3, 0.4) is 0 Å². The van der Waals surface area contributed by atoms with Crippen molar-refractivity contribution in [2.24, 2.45) is 0 Å². The summed E-state index contributed by atoms with van der Waals surface area (Å²) in [6, 6.07) is 18.7. The third-order valence-corrected chi connectivity index (χ3v) is 6.91. The van der Waals surface area contributed by atoms with Crippen molar-refractivity contribution in [2.45, 2.75) is 11.8 Å². The number of carbonyl (C=O) groups is 2. The van der Waals surface area contributed by atoms with E-state index in [0.29, 0.717) is 10.2 Å². The van der Waals surface area contributed by atoms with Gasteiger partial charge in [-0.3, -0.25) is 9.10 Å². The minimum atomic E-state index is -3.81. The fourth-order valence-corrected chi connectivity index (χ4v) is 4.82. The molecule has 0 saturated heterocycles. The van der Waals surface area contributed by atoms with E-state index in [1.807, 2.05) is 0 Å². The second-order valence-corrected chi connectivity index (χ2v) is 9.26. The average molecular weight is 503 g/mol. The van der Waals surface area contributed by atoms with Gasteiger partial charge in [0.1, 0.15) is 0 Å². The van der Waals surface area contributed by atoms with Crippen LogP contribution in [-0.4, -0.2) is 31.9 Å². The van der Waals surface area contributed by atoms with Gasteiger partial charge in [-0.2, -0.15) is 0 Å². The molecule has 0 saturated carbocycles. The molecule has 0 fully saturated rings. The summed E-state index contributed by atoms with van der Waals surface area (Å²) < 4.78 is 27.9. The first-order valence-electron chi connectivity index (χ1n) is 9.26. The third-order valence-electron chi connectivity index (χ3n) is 4.50. The van der Waals surface area contributed by atoms with E-state index in [1.54, 1.807) is 43.3 Å². The third kappa shape index (κ3) is 4.95. The van der Waals surface area contributed by atoms with Gasteiger partial charge in [-0.05, 0) is 61.5 Å². The zero-order valence-corrected chi connectivity index (χ0v) is 18.9. The van der Waals surface area contributed by atoms with Crippen LogP contribution in [-0.2, 0) is 10.0 Å². The van der Waals surface area contributed by atoms with E-state index >= 15 is 0 Å². The molecule has 0 unspecified atom stereocenters. The monoisotopic (exact) mass is 502 g/mol. The molecule has 0 aromatic heterocycles. The Hall–Kier alpha value is -3.17. The molecule has 160 valence electrons. The molecule has 0 bridgehead atoms. The summed E-state index contributed by atoms with van der Waals surface area (Å²) in [6.07, 6.45) is 0. The number of aromatic carboxylic acids is 1. The summed E-state index contributed by atoms with van der Waals surface area (Å²) in [7, 11) is -3.81. The topological polar surface area (TPSA) is 104 Å². The smallest absolute Gasteiger partial charge is 0.337 e. The molecule has 0 aliphatic carbocycles. The Kier molecular flexibility index (Phi) is 6.77. The lowest BCUT2D eigenvalue weighted by molar-refractivity contribution is 0.0698. The summed E-state index contributed by atoms with van der Waals surface area (Å²) in [5.74, 6) is -1.73. The number of hydrogen-bond acceptors (Lipinski definition) is 4. The normalized spacial score (nSPS) is 11.0. The Morgan fingerprint density at radius 3 is 2.23 bits per heavy atom. The first-order chi connectivity index (χ1) is 14.7. The molecule has 0 aliphatic rings. The first kappa shape index (κ1) is 22.5. The van der Waals surface area contributed by atoms with E-state index < -0.39 is 21.9 Å². The number of carbonyl (C=O) groups excluding carboxylic acids is 1. The van der Waals surface area contributed by atoms with Crippen LogP contribution in [0.5, 0.6) is 0 Å². The maximum atomic E-state index is 13.0. The summed E-state index contributed by atoms with van der Waals surface area (Å²) in [5, 5.41) is 11.9. The molecule has 3 aromatic rings. The van der Waals surface area contributed by atoms with Crippen LogP contribution in [0.4, 0.5) is 11.4 Å². The number of hydrogen-bond donors (Lipinski definition) is 2. The van der Waals surface area contributed by atoms with Crippen LogP contribution in [0.2, 0.25) is 0 Å². The van der Waals surface area contributed by atoms with Crippen molar-refractivity contribution in [2.75, 3.05) is 16.2 Å². The van der Waals surface area contributed by atoms with Gasteiger partial charge in [0.2, 0.25) is 0 Å². The Morgan fingerprint density at radius 2 is 1.65 bits per heavy atom. The van der Waals surface area contributed by atoms with Gasteiger partial charge in [-0.15, -0.1) is 0 Å². The van der Waals surface area contributed by atoms with Gasteiger partial charge in [0.05, 0.1) is 21.8 Å². The van der Waals surface area contributed by atoms with Crippen LogP contribution in [0.15, 0.2) is 82.2 Å². The molecule has 7 nitrogen and oxygen atoms in total. The number of sulfonamides is 1. The molecule has 1 amide bonds. The van der Waals surface area contributed by atoms with Crippen molar-refractivity contribution in [1.29, 1.82) is 0 Å². The zero-order valence-electron chi connectivity index (χ0n) is 16.4. The highest BCUT2D eigenvalue weighted by Crippen LogP contribution is 2.25. The molecule has 9 heteroatoms. The molecular formula is C22H19BrN2O5S. The molecule has 3 aromatic carbocycles. The molecule has 0 aliphatic heterocycles. The van der Waals surface area contributed by atoms with Gasteiger partial charge in [-0.1, -0.05) is 34.1 Å². The molecule has 0 atom stereocenters. The van der Waals surface area contributed by atoms with Gasteiger partial charge in [0.25, 0.3) is 15.9 Å². The van der Waals surface area contributed by atoms with Crippen molar-refractivity contribution in [3.8, 4) is 0 Å². The predicted octanol–water partition coefficient (Wildman–Crippen LogP) is 4.61. The van der Waals surface area contributed by atoms with Crippen molar-refractivity contribution < 1.29 is 23.1 Å². The zero-order chi connectivity index (χ0) is 22.6. The molecule has 3 rings (SSSR count). The number of nitrogens with one attached hydrogen (secondary N) is 1. The second-order valence-electron chi connectivity index (χ2n) is 6.48. The highest BCUT2D eigenvalue weighted by Gasteiger charge is 2.24. The number of rotatable bonds is 7. The number of carboxylic acids is 1. The average Bonchev–Trinajstić information content (AvgIpc) is 2.76. The lowest BCUT2D eigenvalue weighted by Gasteiger charge is -2.23. The van der Waals surface area contributed by atoms with Crippen molar-refractivity contribution in [3.63, 3.8) is 0 Å². The Labute approximate surface area is 188 Å². The van der Waals surface area contributed by atoms with Crippen LogP contribution < -0.4 is 9.62 Å². The molecule has 31 heavy (non-hydrogen) atoms. The first-order valence-corrected chi connectivity index (χ1v) is 11.5. The second kappa shape index (κ2) is 9.32. The Balaban J connectivity index is 1.84. The van der Waals surface area contributed by atoms with E-state index in [9.17, 15) is 23.1 Å². The summed E-state index contributed by atoms with van der Waals surface area (Å²) in [5.41, 5.74) is 0.811. The van der Waals surface area contributed by atoms with Crippen molar-refractivity contribution in [1.82, 2.24) is 0 Å². The van der Waals surface area contributed by atoms with E-state index in [2.05, 4.69) is 21.2 Å². The Bertz CT molecular complexity index is 1210. The fourth-order valence-electron chi connectivity index (χ4n) is 2.99. The Morgan fingerprint density at radius 1 is 1.00 bits per heavy atom. The standard InChI is InChI=1S/C22H19BrN2O5S/c1-2-25(17-6-4-3-5-7-17)31(29,30)18-11-8-15(9-12-18)21(26)24-20-13-10-16(23)14-19(20)22(27)28/h3-14H,2H2,1H3,(H,24,26)(H,27,28). The van der Waals surface area contributed by atoms with Gasteiger partial charge in [-0.25, -0.2) is 13.2 Å². The number of para-hydroxylation sites is 1. The van der Waals surface area contributed by atoms with Crippen molar-refractivity contribution in [3.05, 3.63) is 88.4 Å². The minimum absolute atomic E-state index is 0.0459. The lowest BCUT2D eigenvalue weighted by Crippen LogP contribution is -2.30. The van der Waals surface area contributed by atoms with Gasteiger partial charge in [0.15, 0.2) is 0 Å². The van der Waals surface area contributed by atoms with E-state index in [4.69, 9.17) is 0 Å². The number of halogens is 1. The summed E-state index contributed by atoms with van der Waals surface area (Å²) in [4.78, 5) is 24.0. The summed E-state index contributed by atoms with van der Waals surface area (Å²) in [6.45, 7) is 1.99. The highest BCUT2D eigenvalue weighted by molar-refractivity contribution is 9.10. The van der Waals surface area contributed by atoms with E-state index in [1.165, 1.54) is 40.7 Å². The van der Waals surface area contributed by atoms with Crippen LogP contribution in [0.1, 0.15) is 27.6 Å². The lowest BCUT2D eigenvalue weighted by atomic mass is 10.1. The molecule has 0 heterocycles. The quantitative estimate of drug-likeness (QED) is 0.490. The van der Waals surface area contributed by atoms with Crippen LogP contribution in [0, 0.1) is 0 Å². The molecule has 0 radical (unpaired) electrons. The maximum absolute atomic E-state index is 13.0. The number of nitrogens with zero attached hydrogens (tertiary/aromatic N) is 1. The van der Waals surface area contributed by atoms with Crippen molar-refractivity contribution >= 4 is 49.2 Å². The predicted molar refractivity (Wildman–Crippen MR) is 122 cm³/mol. The number of amides is 1.